The van der Waals surface area contributed by atoms with Crippen molar-refractivity contribution in [3.05, 3.63) is 39.9 Å². The Balaban J connectivity index is 2.44. The van der Waals surface area contributed by atoms with Gasteiger partial charge in [0.05, 0.1) is 23.5 Å². The van der Waals surface area contributed by atoms with Crippen LogP contribution in [0.15, 0.2) is 24.3 Å². The van der Waals surface area contributed by atoms with Crippen LogP contribution in [0.4, 0.5) is 5.69 Å². The molecule has 0 bridgehead atoms. The van der Waals surface area contributed by atoms with Crippen LogP contribution >= 0.6 is 0 Å². The molecule has 8 heteroatoms. The van der Waals surface area contributed by atoms with Crippen molar-refractivity contribution in [2.24, 2.45) is 5.92 Å². The summed E-state index contributed by atoms with van der Waals surface area (Å²) < 4.78 is 4.99. The normalized spacial score (nSPS) is 21.3. The number of nitrogens with zero attached hydrogens (tertiary/aromatic N) is 2. The zero-order chi connectivity index (χ0) is 17.0. The topological polar surface area (TPSA) is 110 Å². The van der Waals surface area contributed by atoms with Gasteiger partial charge in [0.1, 0.15) is 0 Å². The number of carbonyl (C=O) groups is 2. The first kappa shape index (κ1) is 16.9. The zero-order valence-electron chi connectivity index (χ0n) is 12.7. The molecule has 0 aliphatic carbocycles. The van der Waals surface area contributed by atoms with Crippen LogP contribution in [0, 0.1) is 16.0 Å². The highest BCUT2D eigenvalue weighted by Gasteiger charge is 2.40. The number of nitro groups is 1. The van der Waals surface area contributed by atoms with E-state index in [-0.39, 0.29) is 37.6 Å². The number of benzene rings is 1. The van der Waals surface area contributed by atoms with Crippen molar-refractivity contribution < 1.29 is 24.4 Å². The highest BCUT2D eigenvalue weighted by Crippen LogP contribution is 2.37. The minimum absolute atomic E-state index is 0.128. The van der Waals surface area contributed by atoms with E-state index in [1.165, 1.54) is 30.2 Å². The largest absolute Gasteiger partial charge is 0.481 e. The predicted molar refractivity (Wildman–Crippen MR) is 79.8 cm³/mol. The Morgan fingerprint density at radius 2 is 2.26 bits per heavy atom. The van der Waals surface area contributed by atoms with Gasteiger partial charge in [-0.15, -0.1) is 0 Å². The van der Waals surface area contributed by atoms with Gasteiger partial charge in [0, 0.05) is 32.2 Å². The number of methoxy groups -OCH3 is 1. The lowest BCUT2D eigenvalue weighted by molar-refractivity contribution is -0.385. The average Bonchev–Trinajstić information content (AvgIpc) is 2.53. The summed E-state index contributed by atoms with van der Waals surface area (Å²) in [5, 5.41) is 20.4. The summed E-state index contributed by atoms with van der Waals surface area (Å²) in [6.45, 7) is 0.510. The van der Waals surface area contributed by atoms with Crippen molar-refractivity contribution in [3.63, 3.8) is 0 Å². The molecule has 1 amide bonds. The maximum Gasteiger partial charge on any atom is 0.308 e. The van der Waals surface area contributed by atoms with Gasteiger partial charge in [0.25, 0.3) is 5.69 Å². The maximum absolute atomic E-state index is 12.2. The predicted octanol–water partition coefficient (Wildman–Crippen LogP) is 1.61. The second kappa shape index (κ2) is 7.19. The quantitative estimate of drug-likeness (QED) is 0.629. The van der Waals surface area contributed by atoms with Gasteiger partial charge in [-0.2, -0.15) is 0 Å². The number of non-ortho nitro benzene ring substituents is 1. The second-order valence-corrected chi connectivity index (χ2v) is 5.36. The van der Waals surface area contributed by atoms with Gasteiger partial charge >= 0.3 is 5.97 Å². The summed E-state index contributed by atoms with van der Waals surface area (Å²) in [6.07, 6.45) is 0.358. The molecule has 23 heavy (non-hydrogen) atoms. The van der Waals surface area contributed by atoms with Crippen LogP contribution in [-0.4, -0.2) is 47.1 Å². The van der Waals surface area contributed by atoms with E-state index in [0.29, 0.717) is 5.56 Å². The molecular weight excluding hydrogens is 304 g/mol. The summed E-state index contributed by atoms with van der Waals surface area (Å²) in [6, 6.07) is 5.05. The van der Waals surface area contributed by atoms with E-state index in [0.717, 1.165) is 0 Å². The first-order valence-corrected chi connectivity index (χ1v) is 7.21. The summed E-state index contributed by atoms with van der Waals surface area (Å²) in [5.41, 5.74) is 0.326. The molecule has 1 heterocycles. The van der Waals surface area contributed by atoms with E-state index < -0.39 is 22.9 Å². The van der Waals surface area contributed by atoms with Crippen molar-refractivity contribution in [3.8, 4) is 0 Å². The molecule has 1 saturated heterocycles. The van der Waals surface area contributed by atoms with Crippen molar-refractivity contribution in [2.75, 3.05) is 20.3 Å². The molecule has 124 valence electrons. The first-order chi connectivity index (χ1) is 11.0. The van der Waals surface area contributed by atoms with Crippen molar-refractivity contribution in [2.45, 2.75) is 18.9 Å². The number of likely N-dealkylation sites (tertiary alicyclic amines) is 1. The number of piperidine rings is 1. The van der Waals surface area contributed by atoms with Gasteiger partial charge in [-0.3, -0.25) is 19.7 Å². The summed E-state index contributed by atoms with van der Waals surface area (Å²) in [4.78, 5) is 35.7. The number of rotatable bonds is 6. The van der Waals surface area contributed by atoms with Crippen LogP contribution in [0.3, 0.4) is 0 Å². The molecule has 8 nitrogen and oxygen atoms in total. The lowest BCUT2D eigenvalue weighted by atomic mass is 9.84. The molecule has 0 aromatic heterocycles. The Kier molecular flexibility index (Phi) is 5.28. The molecule has 1 fully saturated rings. The number of carboxylic acid groups (broad SMARTS) is 1. The lowest BCUT2D eigenvalue weighted by Crippen LogP contribution is -2.46. The van der Waals surface area contributed by atoms with Gasteiger partial charge in [0.2, 0.25) is 5.91 Å². The van der Waals surface area contributed by atoms with Crippen LogP contribution in [0.25, 0.3) is 0 Å². The summed E-state index contributed by atoms with van der Waals surface area (Å²) >= 11 is 0. The van der Waals surface area contributed by atoms with E-state index >= 15 is 0 Å². The molecule has 1 aromatic rings. The number of carboxylic acids is 1. The molecule has 1 aliphatic rings. The fourth-order valence-electron chi connectivity index (χ4n) is 2.90. The Labute approximate surface area is 132 Å². The molecule has 0 spiro atoms. The Morgan fingerprint density at radius 3 is 2.87 bits per heavy atom. The lowest BCUT2D eigenvalue weighted by Gasteiger charge is -2.39. The third-order valence-corrected chi connectivity index (χ3v) is 3.98. The van der Waals surface area contributed by atoms with Crippen molar-refractivity contribution in [1.82, 2.24) is 4.90 Å². The summed E-state index contributed by atoms with van der Waals surface area (Å²) in [7, 11) is 1.49. The Bertz CT molecular complexity index is 618. The van der Waals surface area contributed by atoms with Gasteiger partial charge in [-0.25, -0.2) is 0 Å². The van der Waals surface area contributed by atoms with Crippen molar-refractivity contribution in [1.29, 1.82) is 0 Å². The number of ether oxygens (including phenoxy) is 1. The van der Waals surface area contributed by atoms with Crippen LogP contribution < -0.4 is 0 Å². The van der Waals surface area contributed by atoms with Gasteiger partial charge < -0.3 is 14.7 Å². The average molecular weight is 322 g/mol. The molecule has 2 unspecified atom stereocenters. The van der Waals surface area contributed by atoms with Gasteiger partial charge in [0.15, 0.2) is 0 Å². The van der Waals surface area contributed by atoms with Crippen LogP contribution in [0.5, 0.6) is 0 Å². The molecule has 1 N–H and O–H groups in total. The zero-order valence-corrected chi connectivity index (χ0v) is 12.7. The molecular formula is C15H18N2O6. The van der Waals surface area contributed by atoms with E-state index in [9.17, 15) is 24.8 Å². The second-order valence-electron chi connectivity index (χ2n) is 5.36. The van der Waals surface area contributed by atoms with Crippen LogP contribution in [0.1, 0.15) is 24.4 Å². The highest BCUT2D eigenvalue weighted by molar-refractivity contribution is 5.81. The number of nitro benzene ring substituents is 1. The number of amides is 1. The van der Waals surface area contributed by atoms with Gasteiger partial charge in [-0.05, 0) is 12.0 Å². The maximum atomic E-state index is 12.2. The van der Waals surface area contributed by atoms with E-state index in [1.54, 1.807) is 6.07 Å². The number of carbonyl (C=O) groups excluding carboxylic acids is 1. The number of hydrogen-bond acceptors (Lipinski definition) is 5. The first-order valence-electron chi connectivity index (χ1n) is 7.21. The summed E-state index contributed by atoms with van der Waals surface area (Å²) in [5.74, 6) is -1.99. The third-order valence-electron chi connectivity index (χ3n) is 3.98. The third kappa shape index (κ3) is 3.65. The fourth-order valence-corrected chi connectivity index (χ4v) is 2.90. The molecule has 1 aliphatic heterocycles. The molecule has 0 radical (unpaired) electrons. The minimum Gasteiger partial charge on any atom is -0.481 e. The fraction of sp³-hybridized carbons (Fsp3) is 0.467. The van der Waals surface area contributed by atoms with Crippen LogP contribution in [-0.2, 0) is 14.3 Å². The monoisotopic (exact) mass is 322 g/mol. The standard InChI is InChI=1S/C15H18N2O6/c1-23-8-7-16-13(18)6-5-12(15(19)20)14(16)10-3-2-4-11(9-10)17(21)22/h2-4,9,12,14H,5-8H2,1H3,(H,19,20). The minimum atomic E-state index is -1.02. The van der Waals surface area contributed by atoms with Crippen molar-refractivity contribution >= 4 is 17.6 Å². The Morgan fingerprint density at radius 1 is 1.52 bits per heavy atom. The van der Waals surface area contributed by atoms with E-state index in [2.05, 4.69) is 0 Å². The SMILES string of the molecule is COCCN1C(=O)CCC(C(=O)O)C1c1cccc([N+](=O)[O-])c1. The Hall–Kier alpha value is -2.48. The van der Waals surface area contributed by atoms with E-state index in [4.69, 9.17) is 4.74 Å². The molecule has 2 rings (SSSR count). The molecule has 1 aromatic carbocycles. The van der Waals surface area contributed by atoms with E-state index in [1.807, 2.05) is 0 Å². The number of aliphatic carboxylic acids is 1. The number of hydrogen-bond donors (Lipinski definition) is 1. The molecule has 0 saturated carbocycles. The van der Waals surface area contributed by atoms with Gasteiger partial charge in [-0.1, -0.05) is 12.1 Å². The highest BCUT2D eigenvalue weighted by atomic mass is 16.6. The van der Waals surface area contributed by atoms with Crippen LogP contribution in [0.2, 0.25) is 0 Å². The smallest absolute Gasteiger partial charge is 0.308 e. The molecule has 2 atom stereocenters.